The number of thiophene rings is 1. The van der Waals surface area contributed by atoms with E-state index in [-0.39, 0.29) is 0 Å². The topological polar surface area (TPSA) is 0 Å². The second kappa shape index (κ2) is 2.16. The average Bonchev–Trinajstić information content (AvgIpc) is 1.87. The lowest BCUT2D eigenvalue weighted by molar-refractivity contribution is 1.92. The molecular weight excluding hydrogens is 195 g/mol. The monoisotopic (exact) mass is 195 g/mol. The van der Waals surface area contributed by atoms with E-state index in [9.17, 15) is 0 Å². The van der Waals surface area contributed by atoms with E-state index in [1.54, 1.807) is 0 Å². The molecule has 0 spiro atoms. The molecule has 0 atom stereocenters. The maximum atomic E-state index is 5.49. The van der Waals surface area contributed by atoms with Gasteiger partial charge in [-0.1, -0.05) is 11.6 Å². The fourth-order valence-electron chi connectivity index (χ4n) is 0.256. The molecule has 0 fully saturated rings. The molecule has 0 amide bonds. The van der Waals surface area contributed by atoms with Crippen molar-refractivity contribution in [2.45, 2.75) is 0 Å². The number of rotatable bonds is 0. The van der Waals surface area contributed by atoms with Crippen LogP contribution in [0, 0.1) is 6.07 Å². The first-order valence-corrected chi connectivity index (χ1v) is 3.66. The predicted molar refractivity (Wildman–Crippen MR) is 35.9 cm³/mol. The molecule has 1 aromatic heterocycles. The molecule has 0 aliphatic heterocycles. The van der Waals surface area contributed by atoms with Crippen molar-refractivity contribution in [3.8, 4) is 0 Å². The molecule has 0 bridgehead atoms. The molecule has 0 aromatic carbocycles. The van der Waals surface area contributed by atoms with E-state index in [1.165, 1.54) is 11.3 Å². The van der Waals surface area contributed by atoms with E-state index in [0.717, 1.165) is 3.79 Å². The first-order valence-electron chi connectivity index (χ1n) is 1.61. The van der Waals surface area contributed by atoms with Gasteiger partial charge < -0.3 is 0 Å². The SMILES string of the molecule is Clc1[c]c(Br)sc1. The van der Waals surface area contributed by atoms with E-state index in [2.05, 4.69) is 22.0 Å². The molecular formula is C4HBrClS. The van der Waals surface area contributed by atoms with Gasteiger partial charge in [0.05, 0.1) is 8.81 Å². The van der Waals surface area contributed by atoms with Crippen molar-refractivity contribution in [3.05, 3.63) is 20.3 Å². The lowest BCUT2D eigenvalue weighted by Gasteiger charge is -1.64. The van der Waals surface area contributed by atoms with E-state index >= 15 is 0 Å². The molecule has 0 aliphatic rings. The fraction of sp³-hybridized carbons (Fsp3) is 0. The Morgan fingerprint density at radius 2 is 2.57 bits per heavy atom. The van der Waals surface area contributed by atoms with Crippen LogP contribution >= 0.6 is 38.9 Å². The van der Waals surface area contributed by atoms with E-state index in [0.29, 0.717) is 5.02 Å². The highest BCUT2D eigenvalue weighted by Crippen LogP contribution is 2.22. The highest BCUT2D eigenvalue weighted by atomic mass is 79.9. The molecule has 0 aliphatic carbocycles. The van der Waals surface area contributed by atoms with Gasteiger partial charge in [-0.3, -0.25) is 0 Å². The molecule has 3 heteroatoms. The Bertz CT molecular complexity index is 144. The van der Waals surface area contributed by atoms with Gasteiger partial charge >= 0.3 is 0 Å². The van der Waals surface area contributed by atoms with Gasteiger partial charge in [-0.2, -0.15) is 0 Å². The van der Waals surface area contributed by atoms with Gasteiger partial charge in [0.25, 0.3) is 0 Å². The highest BCUT2D eigenvalue weighted by Gasteiger charge is 1.89. The third-order valence-corrected chi connectivity index (χ3v) is 2.24. The van der Waals surface area contributed by atoms with Crippen LogP contribution in [0.25, 0.3) is 0 Å². The van der Waals surface area contributed by atoms with E-state index in [4.69, 9.17) is 11.6 Å². The maximum absolute atomic E-state index is 5.49. The van der Waals surface area contributed by atoms with Crippen LogP contribution in [-0.2, 0) is 0 Å². The Kier molecular flexibility index (Phi) is 1.73. The summed E-state index contributed by atoms with van der Waals surface area (Å²) in [4.78, 5) is 0. The van der Waals surface area contributed by atoms with Gasteiger partial charge in [-0.05, 0) is 15.9 Å². The second-order valence-electron chi connectivity index (χ2n) is 0.982. The van der Waals surface area contributed by atoms with Gasteiger partial charge in [0.2, 0.25) is 0 Å². The predicted octanol–water partition coefficient (Wildman–Crippen LogP) is 2.96. The normalized spacial score (nSPS) is 9.43. The molecule has 0 saturated carbocycles. The Hall–Kier alpha value is 0.470. The van der Waals surface area contributed by atoms with Crippen molar-refractivity contribution in [1.82, 2.24) is 0 Å². The largest absolute Gasteiger partial charge is 0.135 e. The van der Waals surface area contributed by atoms with Crippen LogP contribution in [0.15, 0.2) is 9.17 Å². The zero-order valence-corrected chi connectivity index (χ0v) is 6.40. The van der Waals surface area contributed by atoms with Crippen LogP contribution in [0.5, 0.6) is 0 Å². The van der Waals surface area contributed by atoms with E-state index in [1.807, 2.05) is 5.38 Å². The smallest absolute Gasteiger partial charge is 0.0793 e. The van der Waals surface area contributed by atoms with Gasteiger partial charge in [0.1, 0.15) is 0 Å². The Labute approximate surface area is 59.2 Å². The second-order valence-corrected chi connectivity index (χ2v) is 3.59. The maximum Gasteiger partial charge on any atom is 0.0793 e. The molecule has 1 rings (SSSR count). The Morgan fingerprint density at radius 3 is 2.71 bits per heavy atom. The molecule has 1 heterocycles. The third-order valence-electron chi connectivity index (χ3n) is 0.484. The molecule has 37 valence electrons. The van der Waals surface area contributed by atoms with E-state index < -0.39 is 0 Å². The first kappa shape index (κ1) is 5.60. The standard InChI is InChI=1S/C4HBrClS/c5-4-1-3(6)2-7-4/h2H. The fourth-order valence-corrected chi connectivity index (χ4v) is 1.58. The van der Waals surface area contributed by atoms with Gasteiger partial charge in [-0.15, -0.1) is 11.3 Å². The summed E-state index contributed by atoms with van der Waals surface area (Å²) >= 11 is 10.2. The quantitative estimate of drug-likeness (QED) is 0.598. The molecule has 0 nitrogen and oxygen atoms in total. The zero-order chi connectivity index (χ0) is 5.28. The average molecular weight is 196 g/mol. The van der Waals surface area contributed by atoms with Crippen LogP contribution in [0.1, 0.15) is 0 Å². The van der Waals surface area contributed by atoms with Crippen molar-refractivity contribution in [2.24, 2.45) is 0 Å². The molecule has 0 N–H and O–H groups in total. The summed E-state index contributed by atoms with van der Waals surface area (Å²) in [5.41, 5.74) is 0. The van der Waals surface area contributed by atoms with Crippen LogP contribution in [0.3, 0.4) is 0 Å². The van der Waals surface area contributed by atoms with Crippen LogP contribution in [0.4, 0.5) is 0 Å². The summed E-state index contributed by atoms with van der Waals surface area (Å²) in [6.45, 7) is 0. The number of hydrogen-bond donors (Lipinski definition) is 0. The van der Waals surface area contributed by atoms with Crippen LogP contribution in [-0.4, -0.2) is 0 Å². The van der Waals surface area contributed by atoms with Crippen molar-refractivity contribution in [2.75, 3.05) is 0 Å². The first-order chi connectivity index (χ1) is 3.29. The van der Waals surface area contributed by atoms with Gasteiger partial charge in [-0.25, -0.2) is 0 Å². The van der Waals surface area contributed by atoms with Crippen molar-refractivity contribution >= 4 is 38.9 Å². The molecule has 0 unspecified atom stereocenters. The van der Waals surface area contributed by atoms with Gasteiger partial charge in [0.15, 0.2) is 0 Å². The zero-order valence-electron chi connectivity index (χ0n) is 3.24. The molecule has 0 saturated heterocycles. The summed E-state index contributed by atoms with van der Waals surface area (Å²) in [7, 11) is 0. The number of hydrogen-bond acceptors (Lipinski definition) is 1. The van der Waals surface area contributed by atoms with Crippen molar-refractivity contribution < 1.29 is 0 Å². The van der Waals surface area contributed by atoms with Crippen LogP contribution < -0.4 is 0 Å². The minimum absolute atomic E-state index is 0.678. The summed E-state index contributed by atoms with van der Waals surface area (Å²) in [6.07, 6.45) is 0. The molecule has 7 heavy (non-hydrogen) atoms. The number of halogens is 2. The lowest BCUT2D eigenvalue weighted by Crippen LogP contribution is -1.40. The molecule has 1 aromatic rings. The summed E-state index contributed by atoms with van der Waals surface area (Å²) in [5.74, 6) is 0. The summed E-state index contributed by atoms with van der Waals surface area (Å²) in [6, 6.07) is 2.84. The molecule has 1 radical (unpaired) electrons. The Balaban J connectivity index is 3.04. The minimum Gasteiger partial charge on any atom is -0.135 e. The summed E-state index contributed by atoms with van der Waals surface area (Å²) in [5, 5.41) is 2.50. The van der Waals surface area contributed by atoms with Gasteiger partial charge in [0, 0.05) is 11.4 Å². The van der Waals surface area contributed by atoms with Crippen molar-refractivity contribution in [3.63, 3.8) is 0 Å². The third kappa shape index (κ3) is 1.44. The minimum atomic E-state index is 0.678. The van der Waals surface area contributed by atoms with Crippen molar-refractivity contribution in [1.29, 1.82) is 0 Å². The summed E-state index contributed by atoms with van der Waals surface area (Å²) < 4.78 is 0.956. The lowest BCUT2D eigenvalue weighted by atomic mass is 10.7. The van der Waals surface area contributed by atoms with Crippen LogP contribution in [0.2, 0.25) is 5.02 Å². The highest BCUT2D eigenvalue weighted by molar-refractivity contribution is 9.11. The Morgan fingerprint density at radius 1 is 1.86 bits per heavy atom.